The van der Waals surface area contributed by atoms with E-state index in [1.54, 1.807) is 4.90 Å². The highest BCUT2D eigenvalue weighted by molar-refractivity contribution is 5.89. The first-order valence-corrected chi connectivity index (χ1v) is 13.2. The molecule has 37 heavy (non-hydrogen) atoms. The quantitative estimate of drug-likeness (QED) is 0.568. The Morgan fingerprint density at radius 3 is 2.43 bits per heavy atom. The monoisotopic (exact) mass is 508 g/mol. The van der Waals surface area contributed by atoms with Crippen molar-refractivity contribution in [3.8, 4) is 11.4 Å². The van der Waals surface area contributed by atoms with Gasteiger partial charge >= 0.3 is 6.03 Å². The molecule has 198 valence electrons. The highest BCUT2D eigenvalue weighted by Gasteiger charge is 2.34. The molecular weight excluding hydrogens is 472 g/mol. The van der Waals surface area contributed by atoms with E-state index in [-0.39, 0.29) is 18.0 Å². The summed E-state index contributed by atoms with van der Waals surface area (Å²) in [5.41, 5.74) is 1.94. The molecule has 10 heteroatoms. The van der Waals surface area contributed by atoms with Crippen molar-refractivity contribution < 1.29 is 19.4 Å². The molecule has 5 rings (SSSR count). The van der Waals surface area contributed by atoms with E-state index in [2.05, 4.69) is 15.5 Å². The van der Waals surface area contributed by atoms with Crippen LogP contribution in [0, 0.1) is 0 Å². The van der Waals surface area contributed by atoms with Gasteiger partial charge in [0.05, 0.1) is 25.5 Å². The van der Waals surface area contributed by atoms with Gasteiger partial charge in [-0.1, -0.05) is 12.8 Å². The van der Waals surface area contributed by atoms with Crippen LogP contribution in [-0.4, -0.2) is 76.4 Å². The fraction of sp³-hybridized carbons (Fsp3) is 0.556. The molecule has 0 radical (unpaired) electrons. The van der Waals surface area contributed by atoms with Crippen molar-refractivity contribution in [2.24, 2.45) is 0 Å². The third-order valence-electron chi connectivity index (χ3n) is 7.26. The smallest absolute Gasteiger partial charge is 0.319 e. The van der Waals surface area contributed by atoms with Gasteiger partial charge < -0.3 is 30.3 Å². The number of amides is 3. The molecule has 1 aromatic heterocycles. The van der Waals surface area contributed by atoms with Gasteiger partial charge in [-0.05, 0) is 57.4 Å². The van der Waals surface area contributed by atoms with Crippen molar-refractivity contribution in [2.45, 2.75) is 64.1 Å². The zero-order valence-corrected chi connectivity index (χ0v) is 21.6. The van der Waals surface area contributed by atoms with Crippen LogP contribution < -0.4 is 15.5 Å². The molecule has 1 saturated heterocycles. The van der Waals surface area contributed by atoms with Crippen molar-refractivity contribution in [1.29, 1.82) is 0 Å². The van der Waals surface area contributed by atoms with Crippen molar-refractivity contribution in [3.05, 3.63) is 35.5 Å². The molecule has 3 aliphatic rings. The fourth-order valence-corrected chi connectivity index (χ4v) is 5.26. The number of nitrogens with zero attached hydrogens (tertiary/aromatic N) is 4. The first kappa shape index (κ1) is 25.4. The molecule has 1 saturated carbocycles. The Balaban J connectivity index is 1.39. The Kier molecular flexibility index (Phi) is 7.30. The molecule has 2 fully saturated rings. The minimum atomic E-state index is -1.44. The first-order chi connectivity index (χ1) is 17.8. The summed E-state index contributed by atoms with van der Waals surface area (Å²) >= 11 is 0. The predicted octanol–water partition coefficient (Wildman–Crippen LogP) is 2.70. The van der Waals surface area contributed by atoms with E-state index in [1.807, 2.05) is 24.3 Å². The normalized spacial score (nSPS) is 18.5. The van der Waals surface area contributed by atoms with Gasteiger partial charge in [-0.25, -0.2) is 14.8 Å². The number of anilines is 2. The van der Waals surface area contributed by atoms with E-state index >= 15 is 0 Å². The Morgan fingerprint density at radius 1 is 1.05 bits per heavy atom. The van der Waals surface area contributed by atoms with Crippen LogP contribution in [0.1, 0.15) is 50.8 Å². The van der Waals surface area contributed by atoms with Gasteiger partial charge in [-0.3, -0.25) is 4.79 Å². The van der Waals surface area contributed by atoms with E-state index in [9.17, 15) is 14.7 Å². The summed E-state index contributed by atoms with van der Waals surface area (Å²) in [7, 11) is 0. The van der Waals surface area contributed by atoms with Gasteiger partial charge in [0.1, 0.15) is 11.4 Å². The lowest BCUT2D eigenvalue weighted by atomic mass is 10.0. The molecule has 10 nitrogen and oxygen atoms in total. The molecule has 2 aromatic rings. The number of benzene rings is 1. The average Bonchev–Trinajstić information content (AvgIpc) is 3.40. The maximum absolute atomic E-state index is 12.8. The second-order valence-corrected chi connectivity index (χ2v) is 10.6. The SMILES string of the molecule is CC(C)(O)C(=O)N1CCc2c(nc(-c3ccc(NC(=O)NC4CCCC4)cc3)nc2N2CCOCC2)C1. The molecular formula is C27H36N6O4. The number of ether oxygens (including phenoxy) is 1. The lowest BCUT2D eigenvalue weighted by Gasteiger charge is -2.35. The largest absolute Gasteiger partial charge is 0.381 e. The van der Waals surface area contributed by atoms with Crippen LogP contribution in [0.4, 0.5) is 16.3 Å². The summed E-state index contributed by atoms with van der Waals surface area (Å²) in [5.74, 6) is 1.15. The van der Waals surface area contributed by atoms with Crippen LogP contribution in [0.3, 0.4) is 0 Å². The van der Waals surface area contributed by atoms with E-state index < -0.39 is 5.60 Å². The van der Waals surface area contributed by atoms with Gasteiger partial charge in [0.2, 0.25) is 0 Å². The Morgan fingerprint density at radius 2 is 1.76 bits per heavy atom. The topological polar surface area (TPSA) is 120 Å². The maximum atomic E-state index is 12.8. The van der Waals surface area contributed by atoms with Crippen LogP contribution in [0.5, 0.6) is 0 Å². The van der Waals surface area contributed by atoms with Crippen molar-refractivity contribution in [3.63, 3.8) is 0 Å². The van der Waals surface area contributed by atoms with Crippen LogP contribution >= 0.6 is 0 Å². The summed E-state index contributed by atoms with van der Waals surface area (Å²) in [6.07, 6.45) is 5.02. The summed E-state index contributed by atoms with van der Waals surface area (Å²) in [6, 6.07) is 7.58. The number of fused-ring (bicyclic) bond motifs is 1. The molecule has 0 bridgehead atoms. The number of carbonyl (C=O) groups excluding carboxylic acids is 2. The standard InChI is InChI=1S/C27H36N6O4/c1-27(2,36)25(34)33-12-11-21-22(17-33)30-23(31-24(21)32-13-15-37-16-14-32)18-7-9-20(10-8-18)29-26(35)28-19-5-3-4-6-19/h7-10,19,36H,3-6,11-17H2,1-2H3,(H2,28,29,35). The minimum absolute atomic E-state index is 0.184. The molecule has 1 aliphatic carbocycles. The van der Waals surface area contributed by atoms with Crippen molar-refractivity contribution >= 4 is 23.4 Å². The van der Waals surface area contributed by atoms with E-state index in [1.165, 1.54) is 13.8 Å². The van der Waals surface area contributed by atoms with Gasteiger partial charge in [0.15, 0.2) is 5.82 Å². The molecule has 2 aliphatic heterocycles. The number of nitrogens with one attached hydrogen (secondary N) is 2. The molecule has 0 spiro atoms. The number of urea groups is 1. The van der Waals surface area contributed by atoms with E-state index in [0.29, 0.717) is 44.2 Å². The van der Waals surface area contributed by atoms with Gasteiger partial charge in [-0.15, -0.1) is 0 Å². The van der Waals surface area contributed by atoms with Crippen molar-refractivity contribution in [2.75, 3.05) is 43.1 Å². The number of aromatic nitrogens is 2. The number of aliphatic hydroxyl groups is 1. The number of morpholine rings is 1. The molecule has 3 amide bonds. The minimum Gasteiger partial charge on any atom is -0.381 e. The summed E-state index contributed by atoms with van der Waals surface area (Å²) < 4.78 is 5.55. The summed E-state index contributed by atoms with van der Waals surface area (Å²) in [4.78, 5) is 38.8. The maximum Gasteiger partial charge on any atom is 0.319 e. The molecule has 3 N–H and O–H groups in total. The second kappa shape index (κ2) is 10.6. The molecule has 0 atom stereocenters. The van der Waals surface area contributed by atoms with Gasteiger partial charge in [0, 0.05) is 42.5 Å². The summed E-state index contributed by atoms with van der Waals surface area (Å²) in [5, 5.41) is 16.2. The lowest BCUT2D eigenvalue weighted by Crippen LogP contribution is -2.47. The first-order valence-electron chi connectivity index (χ1n) is 13.2. The predicted molar refractivity (Wildman–Crippen MR) is 140 cm³/mol. The number of rotatable bonds is 5. The van der Waals surface area contributed by atoms with Crippen LogP contribution in [0.25, 0.3) is 11.4 Å². The lowest BCUT2D eigenvalue weighted by molar-refractivity contribution is -0.148. The van der Waals surface area contributed by atoms with E-state index in [4.69, 9.17) is 14.7 Å². The Labute approximate surface area is 217 Å². The van der Waals surface area contributed by atoms with Gasteiger partial charge in [0.25, 0.3) is 5.91 Å². The Hall–Kier alpha value is -3.24. The molecule has 3 heterocycles. The van der Waals surface area contributed by atoms with Crippen molar-refractivity contribution in [1.82, 2.24) is 20.2 Å². The van der Waals surface area contributed by atoms with E-state index in [0.717, 1.165) is 61.4 Å². The van der Waals surface area contributed by atoms with Crippen LogP contribution in [0.2, 0.25) is 0 Å². The third kappa shape index (κ3) is 5.86. The number of hydrogen-bond acceptors (Lipinski definition) is 7. The Bertz CT molecular complexity index is 1130. The summed E-state index contributed by atoms with van der Waals surface area (Å²) in [6.45, 7) is 6.63. The molecule has 1 aromatic carbocycles. The van der Waals surface area contributed by atoms with Crippen LogP contribution in [-0.2, 0) is 22.5 Å². The average molecular weight is 509 g/mol. The second-order valence-electron chi connectivity index (χ2n) is 10.6. The van der Waals surface area contributed by atoms with Gasteiger partial charge in [-0.2, -0.15) is 0 Å². The van der Waals surface area contributed by atoms with Crippen LogP contribution in [0.15, 0.2) is 24.3 Å². The number of hydrogen-bond donors (Lipinski definition) is 3. The zero-order valence-electron chi connectivity index (χ0n) is 21.6. The highest BCUT2D eigenvalue weighted by atomic mass is 16.5. The third-order valence-corrected chi connectivity index (χ3v) is 7.26. The zero-order chi connectivity index (χ0) is 26.0. The number of carbonyl (C=O) groups is 2. The molecule has 0 unspecified atom stereocenters. The fourth-order valence-electron chi connectivity index (χ4n) is 5.26. The highest BCUT2D eigenvalue weighted by Crippen LogP contribution is 2.31.